The average Bonchev–Trinajstić information content (AvgIpc) is 2.32. The molecule has 0 aliphatic heterocycles. The van der Waals surface area contributed by atoms with E-state index in [4.69, 9.17) is 15.9 Å². The van der Waals surface area contributed by atoms with E-state index in [0.29, 0.717) is 11.5 Å². The third-order valence-corrected chi connectivity index (χ3v) is 2.61. The summed E-state index contributed by atoms with van der Waals surface area (Å²) < 4.78 is 5.68. The Morgan fingerprint density at radius 2 is 1.89 bits per heavy atom. The predicted molar refractivity (Wildman–Crippen MR) is 71.2 cm³/mol. The Hall–Kier alpha value is -2.36. The van der Waals surface area contributed by atoms with Crippen LogP contribution in [0.25, 0.3) is 0 Å². The van der Waals surface area contributed by atoms with Gasteiger partial charge in [0, 0.05) is 11.3 Å². The van der Waals surface area contributed by atoms with Crippen molar-refractivity contribution < 1.29 is 4.74 Å². The van der Waals surface area contributed by atoms with Crippen LogP contribution in [0.4, 0.5) is 0 Å². The summed E-state index contributed by atoms with van der Waals surface area (Å²) >= 11 is 0. The fraction of sp³-hybridized carbons (Fsp3) is 0.143. The number of nitrogens with zero attached hydrogens (tertiary/aromatic N) is 1. The minimum absolute atomic E-state index is 0.0658. The number of nitrogens with two attached hydrogens (primary N) is 1. The van der Waals surface area contributed by atoms with Gasteiger partial charge in [0.25, 0.3) is 0 Å². The lowest BCUT2D eigenvalue weighted by atomic mass is 10.1. The van der Waals surface area contributed by atoms with E-state index in [-0.39, 0.29) is 5.84 Å². The molecule has 0 atom stereocenters. The quantitative estimate of drug-likeness (QED) is 0.641. The van der Waals surface area contributed by atoms with Crippen LogP contribution in [0.15, 0.2) is 36.5 Å². The molecule has 0 spiro atoms. The summed E-state index contributed by atoms with van der Waals surface area (Å²) in [5, 5.41) is 7.42. The molecular weight excluding hydrogens is 226 g/mol. The van der Waals surface area contributed by atoms with E-state index in [1.807, 2.05) is 32.0 Å². The second kappa shape index (κ2) is 4.87. The van der Waals surface area contributed by atoms with E-state index < -0.39 is 0 Å². The minimum atomic E-state index is 0.0658. The highest BCUT2D eigenvalue weighted by molar-refractivity contribution is 5.96. The van der Waals surface area contributed by atoms with Crippen molar-refractivity contribution in [1.29, 1.82) is 5.41 Å². The van der Waals surface area contributed by atoms with Crippen LogP contribution >= 0.6 is 0 Å². The molecule has 1 aromatic carbocycles. The van der Waals surface area contributed by atoms with Crippen molar-refractivity contribution in [3.05, 3.63) is 53.3 Å². The molecule has 92 valence electrons. The van der Waals surface area contributed by atoms with Crippen molar-refractivity contribution >= 4 is 5.84 Å². The Morgan fingerprint density at radius 3 is 2.44 bits per heavy atom. The monoisotopic (exact) mass is 241 g/mol. The highest BCUT2D eigenvalue weighted by atomic mass is 16.5. The number of ether oxygens (including phenoxy) is 1. The lowest BCUT2D eigenvalue weighted by molar-refractivity contribution is 0.479. The first-order valence-corrected chi connectivity index (χ1v) is 5.62. The first kappa shape index (κ1) is 12.1. The molecule has 1 aromatic heterocycles. The summed E-state index contributed by atoms with van der Waals surface area (Å²) in [6.45, 7) is 3.83. The fourth-order valence-electron chi connectivity index (χ4n) is 1.65. The molecule has 0 saturated heterocycles. The Bertz CT molecular complexity index is 576. The number of aryl methyl sites for hydroxylation is 2. The Labute approximate surface area is 106 Å². The number of benzene rings is 1. The SMILES string of the molecule is Cc1ccc(Oc2ccc(C(=N)N)c(C)c2)cn1. The van der Waals surface area contributed by atoms with Gasteiger partial charge in [0.2, 0.25) is 0 Å². The Morgan fingerprint density at radius 1 is 1.17 bits per heavy atom. The van der Waals surface area contributed by atoms with Crippen LogP contribution in [-0.4, -0.2) is 10.8 Å². The molecule has 0 amide bonds. The van der Waals surface area contributed by atoms with Crippen molar-refractivity contribution in [2.45, 2.75) is 13.8 Å². The fourth-order valence-corrected chi connectivity index (χ4v) is 1.65. The lowest BCUT2D eigenvalue weighted by Crippen LogP contribution is -2.12. The summed E-state index contributed by atoms with van der Waals surface area (Å²) in [7, 11) is 0. The molecule has 4 nitrogen and oxygen atoms in total. The summed E-state index contributed by atoms with van der Waals surface area (Å²) in [6, 6.07) is 9.21. The highest BCUT2D eigenvalue weighted by Crippen LogP contribution is 2.23. The van der Waals surface area contributed by atoms with Gasteiger partial charge in [0.1, 0.15) is 17.3 Å². The second-order valence-corrected chi connectivity index (χ2v) is 4.13. The summed E-state index contributed by atoms with van der Waals surface area (Å²) in [5.74, 6) is 1.47. The van der Waals surface area contributed by atoms with Crippen LogP contribution in [0.2, 0.25) is 0 Å². The van der Waals surface area contributed by atoms with Crippen LogP contribution in [0.3, 0.4) is 0 Å². The van der Waals surface area contributed by atoms with E-state index in [1.165, 1.54) is 0 Å². The zero-order chi connectivity index (χ0) is 13.1. The molecular formula is C14H15N3O. The van der Waals surface area contributed by atoms with Gasteiger partial charge in [-0.3, -0.25) is 10.4 Å². The van der Waals surface area contributed by atoms with Gasteiger partial charge in [-0.1, -0.05) is 0 Å². The molecule has 4 heteroatoms. The number of nitrogen functional groups attached to an aromatic ring is 1. The number of hydrogen-bond donors (Lipinski definition) is 2. The van der Waals surface area contributed by atoms with E-state index in [1.54, 1.807) is 18.3 Å². The van der Waals surface area contributed by atoms with Crippen LogP contribution in [0, 0.1) is 19.3 Å². The summed E-state index contributed by atoms with van der Waals surface area (Å²) in [4.78, 5) is 4.16. The van der Waals surface area contributed by atoms with Crippen molar-refractivity contribution in [3.8, 4) is 11.5 Å². The third-order valence-electron chi connectivity index (χ3n) is 2.61. The zero-order valence-electron chi connectivity index (χ0n) is 10.4. The second-order valence-electron chi connectivity index (χ2n) is 4.13. The molecule has 0 aliphatic carbocycles. The smallest absolute Gasteiger partial charge is 0.145 e. The number of nitrogens with one attached hydrogen (secondary N) is 1. The van der Waals surface area contributed by atoms with Crippen LogP contribution in [-0.2, 0) is 0 Å². The Kier molecular flexibility index (Phi) is 3.28. The third kappa shape index (κ3) is 2.66. The maximum absolute atomic E-state index is 7.42. The maximum Gasteiger partial charge on any atom is 0.145 e. The van der Waals surface area contributed by atoms with Crippen LogP contribution in [0.1, 0.15) is 16.8 Å². The van der Waals surface area contributed by atoms with Crippen LogP contribution < -0.4 is 10.5 Å². The predicted octanol–water partition coefficient (Wildman–Crippen LogP) is 2.77. The molecule has 0 unspecified atom stereocenters. The molecule has 3 N–H and O–H groups in total. The zero-order valence-corrected chi connectivity index (χ0v) is 10.4. The van der Waals surface area contributed by atoms with Gasteiger partial charge in [-0.05, 0) is 49.7 Å². The molecule has 0 fully saturated rings. The standard InChI is InChI=1S/C14H15N3O/c1-9-7-11(5-6-13(9)14(15)16)18-12-4-3-10(2)17-8-12/h3-8H,1-2H3,(H3,15,16). The largest absolute Gasteiger partial charge is 0.456 e. The molecule has 1 heterocycles. The number of amidine groups is 1. The molecule has 18 heavy (non-hydrogen) atoms. The van der Waals surface area contributed by atoms with Gasteiger partial charge < -0.3 is 10.5 Å². The van der Waals surface area contributed by atoms with Gasteiger partial charge in [-0.15, -0.1) is 0 Å². The van der Waals surface area contributed by atoms with Gasteiger partial charge in [0.05, 0.1) is 6.20 Å². The van der Waals surface area contributed by atoms with E-state index >= 15 is 0 Å². The van der Waals surface area contributed by atoms with Gasteiger partial charge in [-0.25, -0.2) is 0 Å². The minimum Gasteiger partial charge on any atom is -0.456 e. The number of pyridine rings is 1. The molecule has 2 rings (SSSR count). The van der Waals surface area contributed by atoms with Crippen molar-refractivity contribution in [2.24, 2.45) is 5.73 Å². The van der Waals surface area contributed by atoms with Crippen LogP contribution in [0.5, 0.6) is 11.5 Å². The highest BCUT2D eigenvalue weighted by Gasteiger charge is 2.04. The Balaban J connectivity index is 2.22. The molecule has 0 aliphatic rings. The van der Waals surface area contributed by atoms with Gasteiger partial charge in [0.15, 0.2) is 0 Å². The van der Waals surface area contributed by atoms with Crippen molar-refractivity contribution in [2.75, 3.05) is 0 Å². The molecule has 0 radical (unpaired) electrons. The van der Waals surface area contributed by atoms with Crippen molar-refractivity contribution in [3.63, 3.8) is 0 Å². The van der Waals surface area contributed by atoms with E-state index in [2.05, 4.69) is 4.98 Å². The normalized spacial score (nSPS) is 10.1. The topological polar surface area (TPSA) is 72.0 Å². The summed E-state index contributed by atoms with van der Waals surface area (Å²) in [6.07, 6.45) is 1.68. The maximum atomic E-state index is 7.42. The van der Waals surface area contributed by atoms with Gasteiger partial charge in [-0.2, -0.15) is 0 Å². The molecule has 2 aromatic rings. The number of rotatable bonds is 3. The average molecular weight is 241 g/mol. The van der Waals surface area contributed by atoms with E-state index in [0.717, 1.165) is 16.8 Å². The lowest BCUT2D eigenvalue weighted by Gasteiger charge is -2.09. The molecule has 0 saturated carbocycles. The summed E-state index contributed by atoms with van der Waals surface area (Å²) in [5.41, 5.74) is 8.06. The van der Waals surface area contributed by atoms with Crippen molar-refractivity contribution in [1.82, 2.24) is 4.98 Å². The molecule has 0 bridgehead atoms. The number of hydrogen-bond acceptors (Lipinski definition) is 3. The first-order valence-electron chi connectivity index (χ1n) is 5.62. The van der Waals surface area contributed by atoms with E-state index in [9.17, 15) is 0 Å². The van der Waals surface area contributed by atoms with Gasteiger partial charge >= 0.3 is 0 Å². The first-order chi connectivity index (χ1) is 8.56. The number of aromatic nitrogens is 1.